The zero-order chi connectivity index (χ0) is 13.5. The van der Waals surface area contributed by atoms with E-state index < -0.39 is 0 Å². The molecule has 0 saturated heterocycles. The SMILES string of the molecule is CCSc1cc(OC)c(CC(C)NC)cc1OC. The molecule has 0 fully saturated rings. The molecule has 0 bridgehead atoms. The van der Waals surface area contributed by atoms with Crippen molar-refractivity contribution in [3.8, 4) is 11.5 Å². The summed E-state index contributed by atoms with van der Waals surface area (Å²) in [5.41, 5.74) is 1.18. The minimum Gasteiger partial charge on any atom is -0.496 e. The highest BCUT2D eigenvalue weighted by Crippen LogP contribution is 2.36. The predicted molar refractivity (Wildman–Crippen MR) is 78.2 cm³/mol. The highest BCUT2D eigenvalue weighted by molar-refractivity contribution is 7.99. The van der Waals surface area contributed by atoms with E-state index in [1.165, 1.54) is 5.56 Å². The van der Waals surface area contributed by atoms with Crippen LogP contribution in [-0.4, -0.2) is 33.1 Å². The quantitative estimate of drug-likeness (QED) is 0.771. The van der Waals surface area contributed by atoms with E-state index in [0.29, 0.717) is 6.04 Å². The molecule has 102 valence electrons. The number of benzene rings is 1. The molecule has 1 aromatic carbocycles. The maximum absolute atomic E-state index is 5.48. The van der Waals surface area contributed by atoms with Gasteiger partial charge in [-0.15, -0.1) is 11.8 Å². The van der Waals surface area contributed by atoms with Crippen LogP contribution in [-0.2, 0) is 6.42 Å². The molecule has 0 aliphatic carbocycles. The number of nitrogens with one attached hydrogen (secondary N) is 1. The molecular weight excluding hydrogens is 246 g/mol. The van der Waals surface area contributed by atoms with Gasteiger partial charge in [-0.05, 0) is 43.8 Å². The van der Waals surface area contributed by atoms with Gasteiger partial charge in [0.2, 0.25) is 0 Å². The molecule has 0 spiro atoms. The zero-order valence-corrected chi connectivity index (χ0v) is 12.7. The van der Waals surface area contributed by atoms with Crippen molar-refractivity contribution in [2.45, 2.75) is 31.2 Å². The summed E-state index contributed by atoms with van der Waals surface area (Å²) in [7, 11) is 5.40. The lowest BCUT2D eigenvalue weighted by molar-refractivity contribution is 0.388. The van der Waals surface area contributed by atoms with Crippen molar-refractivity contribution < 1.29 is 9.47 Å². The predicted octanol–water partition coefficient (Wildman–Crippen LogP) is 2.97. The van der Waals surface area contributed by atoms with E-state index in [9.17, 15) is 0 Å². The maximum atomic E-state index is 5.48. The van der Waals surface area contributed by atoms with Crippen LogP contribution in [0.1, 0.15) is 19.4 Å². The van der Waals surface area contributed by atoms with Gasteiger partial charge in [0.05, 0.1) is 19.1 Å². The van der Waals surface area contributed by atoms with Crippen LogP contribution in [0.25, 0.3) is 0 Å². The Morgan fingerprint density at radius 1 is 1.22 bits per heavy atom. The van der Waals surface area contributed by atoms with Crippen LogP contribution in [0.4, 0.5) is 0 Å². The van der Waals surface area contributed by atoms with Crippen molar-refractivity contribution in [2.75, 3.05) is 27.0 Å². The minimum atomic E-state index is 0.410. The molecule has 1 rings (SSSR count). The van der Waals surface area contributed by atoms with Crippen molar-refractivity contribution in [1.29, 1.82) is 0 Å². The van der Waals surface area contributed by atoms with Gasteiger partial charge in [-0.25, -0.2) is 0 Å². The summed E-state index contributed by atoms with van der Waals surface area (Å²) in [5.74, 6) is 2.89. The standard InChI is InChI=1S/C14H23NO2S/c1-6-18-14-9-12(16-4)11(7-10(2)15-3)8-13(14)17-5/h8-10,15H,6-7H2,1-5H3. The Balaban J connectivity index is 3.09. The fraction of sp³-hybridized carbons (Fsp3) is 0.571. The summed E-state index contributed by atoms with van der Waals surface area (Å²) in [4.78, 5) is 1.14. The van der Waals surface area contributed by atoms with Crippen LogP contribution in [0.15, 0.2) is 17.0 Å². The van der Waals surface area contributed by atoms with Gasteiger partial charge in [-0.1, -0.05) is 6.92 Å². The van der Waals surface area contributed by atoms with Gasteiger partial charge in [0, 0.05) is 6.04 Å². The average molecular weight is 269 g/mol. The third-order valence-corrected chi connectivity index (χ3v) is 3.80. The molecular formula is C14H23NO2S. The zero-order valence-electron chi connectivity index (χ0n) is 11.9. The first kappa shape index (κ1) is 15.2. The highest BCUT2D eigenvalue weighted by atomic mass is 32.2. The number of rotatable bonds is 7. The number of methoxy groups -OCH3 is 2. The van der Waals surface area contributed by atoms with Gasteiger partial charge in [0.25, 0.3) is 0 Å². The number of thioether (sulfide) groups is 1. The first-order chi connectivity index (χ1) is 8.65. The Labute approximate surface area is 114 Å². The summed E-state index contributed by atoms with van der Waals surface area (Å²) in [5, 5.41) is 3.24. The largest absolute Gasteiger partial charge is 0.496 e. The molecule has 0 amide bonds. The lowest BCUT2D eigenvalue weighted by Gasteiger charge is -2.17. The Morgan fingerprint density at radius 3 is 2.39 bits per heavy atom. The van der Waals surface area contributed by atoms with Crippen LogP contribution in [0.3, 0.4) is 0 Å². The number of hydrogen-bond acceptors (Lipinski definition) is 4. The number of ether oxygens (including phenoxy) is 2. The molecule has 0 radical (unpaired) electrons. The normalized spacial score (nSPS) is 12.3. The molecule has 0 saturated carbocycles. The minimum absolute atomic E-state index is 0.410. The monoisotopic (exact) mass is 269 g/mol. The third-order valence-electron chi connectivity index (χ3n) is 2.89. The van der Waals surface area contributed by atoms with E-state index in [1.807, 2.05) is 7.05 Å². The first-order valence-corrected chi connectivity index (χ1v) is 7.19. The second-order valence-corrected chi connectivity index (χ2v) is 5.45. The van der Waals surface area contributed by atoms with E-state index in [1.54, 1.807) is 26.0 Å². The van der Waals surface area contributed by atoms with Crippen molar-refractivity contribution in [3.63, 3.8) is 0 Å². The molecule has 1 unspecified atom stereocenters. The van der Waals surface area contributed by atoms with E-state index >= 15 is 0 Å². The lowest BCUT2D eigenvalue weighted by atomic mass is 10.1. The van der Waals surface area contributed by atoms with E-state index in [4.69, 9.17) is 9.47 Å². The van der Waals surface area contributed by atoms with Crippen LogP contribution in [0, 0.1) is 0 Å². The highest BCUT2D eigenvalue weighted by Gasteiger charge is 2.13. The van der Waals surface area contributed by atoms with Crippen LogP contribution in [0.5, 0.6) is 11.5 Å². The third kappa shape index (κ3) is 3.82. The first-order valence-electron chi connectivity index (χ1n) is 6.21. The second kappa shape index (κ2) is 7.54. The van der Waals surface area contributed by atoms with Crippen LogP contribution in [0.2, 0.25) is 0 Å². The van der Waals surface area contributed by atoms with Crippen molar-refractivity contribution in [2.24, 2.45) is 0 Å². The van der Waals surface area contributed by atoms with E-state index in [0.717, 1.165) is 28.6 Å². The Kier molecular flexibility index (Phi) is 6.36. The summed E-state index contributed by atoms with van der Waals surface area (Å²) >= 11 is 1.77. The fourth-order valence-corrected chi connectivity index (χ4v) is 2.58. The molecule has 0 aliphatic heterocycles. The number of hydrogen-bond donors (Lipinski definition) is 1. The Morgan fingerprint density at radius 2 is 1.89 bits per heavy atom. The Bertz CT molecular complexity index is 382. The fourth-order valence-electron chi connectivity index (χ4n) is 1.79. The lowest BCUT2D eigenvalue weighted by Crippen LogP contribution is -2.23. The topological polar surface area (TPSA) is 30.5 Å². The van der Waals surface area contributed by atoms with E-state index in [-0.39, 0.29) is 0 Å². The molecule has 0 aromatic heterocycles. The van der Waals surface area contributed by atoms with Crippen molar-refractivity contribution in [3.05, 3.63) is 17.7 Å². The van der Waals surface area contributed by atoms with Gasteiger partial charge in [0.1, 0.15) is 11.5 Å². The van der Waals surface area contributed by atoms with Crippen molar-refractivity contribution in [1.82, 2.24) is 5.32 Å². The molecule has 1 aromatic rings. The van der Waals surface area contributed by atoms with Gasteiger partial charge in [0.15, 0.2) is 0 Å². The average Bonchev–Trinajstić information content (AvgIpc) is 2.39. The molecule has 18 heavy (non-hydrogen) atoms. The molecule has 4 heteroatoms. The van der Waals surface area contributed by atoms with Gasteiger partial charge in [-0.2, -0.15) is 0 Å². The van der Waals surface area contributed by atoms with Crippen molar-refractivity contribution >= 4 is 11.8 Å². The molecule has 1 N–H and O–H groups in total. The smallest absolute Gasteiger partial charge is 0.132 e. The summed E-state index contributed by atoms with van der Waals surface area (Å²) in [6.45, 7) is 4.29. The summed E-state index contributed by atoms with van der Waals surface area (Å²) < 4.78 is 10.9. The molecule has 3 nitrogen and oxygen atoms in total. The van der Waals surface area contributed by atoms with Gasteiger partial charge < -0.3 is 14.8 Å². The Hall–Kier alpha value is -0.870. The second-order valence-electron chi connectivity index (χ2n) is 4.14. The summed E-state index contributed by atoms with van der Waals surface area (Å²) in [6, 6.07) is 4.57. The maximum Gasteiger partial charge on any atom is 0.132 e. The van der Waals surface area contributed by atoms with Crippen LogP contribution < -0.4 is 14.8 Å². The van der Waals surface area contributed by atoms with Gasteiger partial charge in [-0.3, -0.25) is 0 Å². The molecule has 0 aliphatic rings. The molecule has 1 atom stereocenters. The molecule has 0 heterocycles. The van der Waals surface area contributed by atoms with Crippen LogP contribution >= 0.6 is 11.8 Å². The summed E-state index contributed by atoms with van der Waals surface area (Å²) in [6.07, 6.45) is 0.924. The van der Waals surface area contributed by atoms with Gasteiger partial charge >= 0.3 is 0 Å². The van der Waals surface area contributed by atoms with E-state index in [2.05, 4.69) is 31.3 Å². The number of likely N-dealkylation sites (N-methyl/N-ethyl adjacent to an activating group) is 1.